The fourth-order valence-corrected chi connectivity index (χ4v) is 10.8. The molecule has 35 heavy (non-hydrogen) atoms. The third-order valence-corrected chi connectivity index (χ3v) is 12.7. The first-order chi connectivity index (χ1) is 16.9. The number of cyclic esters (lactones) is 1. The van der Waals surface area contributed by atoms with E-state index < -0.39 is 0 Å². The van der Waals surface area contributed by atoms with Crippen molar-refractivity contribution in [2.24, 2.45) is 40.4 Å². The van der Waals surface area contributed by atoms with Crippen LogP contribution in [-0.2, 0) is 16.1 Å². The molecular weight excluding hydrogens is 456 g/mol. The lowest BCUT2D eigenvalue weighted by atomic mass is 9.44. The number of fused-ring (bicyclic) bond motifs is 5. The molecule has 6 rings (SSSR count). The first-order valence-corrected chi connectivity index (χ1v) is 15.0. The Morgan fingerprint density at radius 3 is 2.74 bits per heavy atom. The number of carbonyl (C=O) groups is 1. The number of hydrogen-bond donors (Lipinski definition) is 1. The van der Waals surface area contributed by atoms with Crippen LogP contribution in [0, 0.1) is 40.4 Å². The summed E-state index contributed by atoms with van der Waals surface area (Å²) >= 11 is 2.01. The van der Waals surface area contributed by atoms with Crippen molar-refractivity contribution in [2.75, 3.05) is 12.4 Å². The summed E-state index contributed by atoms with van der Waals surface area (Å²) in [6.07, 6.45) is 19.0. The fourth-order valence-electron chi connectivity index (χ4n) is 9.51. The molecule has 4 saturated carbocycles. The van der Waals surface area contributed by atoms with E-state index in [-0.39, 0.29) is 12.1 Å². The zero-order valence-corrected chi connectivity index (χ0v) is 22.2. The van der Waals surface area contributed by atoms with Crippen LogP contribution < -0.4 is 0 Å². The second kappa shape index (κ2) is 9.24. The maximum absolute atomic E-state index is 11.8. The number of aliphatic hydroxyl groups is 1. The summed E-state index contributed by atoms with van der Waals surface area (Å²) in [4.78, 5) is 15.9. The van der Waals surface area contributed by atoms with Gasteiger partial charge in [-0.1, -0.05) is 13.8 Å². The summed E-state index contributed by atoms with van der Waals surface area (Å²) in [5.74, 6) is 4.62. The average Bonchev–Trinajstić information content (AvgIpc) is 3.57. The molecule has 4 aliphatic carbocycles. The number of carbonyl (C=O) groups excluding carboxylic acids is 1. The van der Waals surface area contributed by atoms with E-state index >= 15 is 0 Å². The molecule has 192 valence electrons. The lowest BCUT2D eigenvalue weighted by Crippen LogP contribution is -2.53. The molecule has 0 spiro atoms. The third kappa shape index (κ3) is 4.21. The Balaban J connectivity index is 1.09. The molecule has 6 heteroatoms. The number of esters is 1. The van der Waals surface area contributed by atoms with Crippen molar-refractivity contribution < 1.29 is 14.6 Å². The minimum atomic E-state index is -0.305. The molecule has 0 aromatic carbocycles. The van der Waals surface area contributed by atoms with Gasteiger partial charge in [0.15, 0.2) is 0 Å². The van der Waals surface area contributed by atoms with Crippen LogP contribution in [0.4, 0.5) is 0 Å². The second-order valence-corrected chi connectivity index (χ2v) is 14.1. The van der Waals surface area contributed by atoms with Gasteiger partial charge in [0.1, 0.15) is 6.61 Å². The topological polar surface area (TPSA) is 64.3 Å². The molecule has 2 heterocycles. The second-order valence-electron chi connectivity index (χ2n) is 12.8. The molecule has 1 unspecified atom stereocenters. The molecule has 5 nitrogen and oxygen atoms in total. The number of nitrogens with zero attached hydrogens (tertiary/aromatic N) is 2. The van der Waals surface area contributed by atoms with E-state index in [0.717, 1.165) is 29.4 Å². The molecule has 0 bridgehead atoms. The van der Waals surface area contributed by atoms with Crippen LogP contribution in [0.3, 0.4) is 0 Å². The van der Waals surface area contributed by atoms with E-state index in [2.05, 4.69) is 18.8 Å². The highest BCUT2D eigenvalue weighted by Gasteiger charge is 2.60. The van der Waals surface area contributed by atoms with E-state index in [9.17, 15) is 9.90 Å². The predicted octanol–water partition coefficient (Wildman–Crippen LogP) is 5.49. The molecule has 9 atom stereocenters. The molecule has 5 aliphatic rings. The summed E-state index contributed by atoms with van der Waals surface area (Å²) in [7, 11) is 0. The van der Waals surface area contributed by atoms with Gasteiger partial charge in [-0.2, -0.15) is 11.8 Å². The van der Waals surface area contributed by atoms with Gasteiger partial charge in [0.2, 0.25) is 0 Å². The van der Waals surface area contributed by atoms with Crippen LogP contribution in [0.25, 0.3) is 0 Å². The van der Waals surface area contributed by atoms with Gasteiger partial charge in [-0.3, -0.25) is 0 Å². The largest absolute Gasteiger partial charge is 0.458 e. The summed E-state index contributed by atoms with van der Waals surface area (Å²) in [6.45, 7) is 6.37. The van der Waals surface area contributed by atoms with Gasteiger partial charge in [-0.15, -0.1) is 0 Å². The minimum Gasteiger partial charge on any atom is -0.458 e. The molecule has 1 aromatic heterocycles. The van der Waals surface area contributed by atoms with Gasteiger partial charge in [-0.05, 0) is 104 Å². The summed E-state index contributed by atoms with van der Waals surface area (Å²) in [5, 5.41) is 11.2. The van der Waals surface area contributed by atoms with Gasteiger partial charge in [0, 0.05) is 29.5 Å². The van der Waals surface area contributed by atoms with Gasteiger partial charge >= 0.3 is 5.97 Å². The quantitative estimate of drug-likeness (QED) is 0.526. The highest BCUT2D eigenvalue weighted by Crippen LogP contribution is 2.68. The summed E-state index contributed by atoms with van der Waals surface area (Å²) in [6, 6.07) is 0. The van der Waals surface area contributed by atoms with Gasteiger partial charge in [-0.25, -0.2) is 9.78 Å². The lowest BCUT2D eigenvalue weighted by molar-refractivity contribution is -0.135. The molecule has 0 saturated heterocycles. The molecule has 0 amide bonds. The summed E-state index contributed by atoms with van der Waals surface area (Å²) in [5.41, 5.74) is 2.12. The van der Waals surface area contributed by atoms with Crippen LogP contribution in [-0.4, -0.2) is 44.3 Å². The third-order valence-electron chi connectivity index (χ3n) is 11.3. The SMILES string of the molecule is C[C@]12CC[C@H](SCC(O)Cn3ccnc3)C[C@H]1CC[C@@H]1[C@@H]2CC[C@]2(C)[C@@H](C3=CC(=O)OC3)CC[C@@H]12. The number of thioether (sulfide) groups is 1. The number of imidazole rings is 1. The van der Waals surface area contributed by atoms with Gasteiger partial charge in [0.05, 0.1) is 19.0 Å². The predicted molar refractivity (Wildman–Crippen MR) is 139 cm³/mol. The van der Waals surface area contributed by atoms with E-state index in [1.165, 1.54) is 63.4 Å². The Morgan fingerprint density at radius 1 is 1.14 bits per heavy atom. The van der Waals surface area contributed by atoms with Crippen LogP contribution >= 0.6 is 11.8 Å². The minimum absolute atomic E-state index is 0.127. The standard InChI is InChI=1S/C29H42N2O3S/c1-28-9-7-22(35-17-21(32)15-31-12-11-30-18-31)14-20(28)3-4-23-25-6-5-24(19-13-27(33)34-16-19)29(25,2)10-8-26(23)28/h11-13,18,20-26,32H,3-10,14-17H2,1-2H3/t20-,21?,22+,23+,24-,25+,26+,28+,29-/m1/s1. The van der Waals surface area contributed by atoms with E-state index in [0.29, 0.717) is 35.1 Å². The van der Waals surface area contributed by atoms with Crippen LogP contribution in [0.2, 0.25) is 0 Å². The monoisotopic (exact) mass is 498 g/mol. The number of rotatable bonds is 6. The number of aliphatic hydroxyl groups excluding tert-OH is 1. The Kier molecular flexibility index (Phi) is 6.36. The first kappa shape index (κ1) is 24.1. The Bertz CT molecular complexity index is 963. The van der Waals surface area contributed by atoms with Crippen molar-refractivity contribution in [1.29, 1.82) is 0 Å². The van der Waals surface area contributed by atoms with Crippen molar-refractivity contribution in [3.05, 3.63) is 30.4 Å². The van der Waals surface area contributed by atoms with Crippen LogP contribution in [0.5, 0.6) is 0 Å². The van der Waals surface area contributed by atoms with Crippen molar-refractivity contribution >= 4 is 17.7 Å². The molecule has 1 aliphatic heterocycles. The maximum Gasteiger partial charge on any atom is 0.331 e. The lowest BCUT2D eigenvalue weighted by Gasteiger charge is -2.61. The zero-order chi connectivity index (χ0) is 24.2. The fraction of sp³-hybridized carbons (Fsp3) is 0.793. The molecule has 0 radical (unpaired) electrons. The van der Waals surface area contributed by atoms with Crippen LogP contribution in [0.15, 0.2) is 30.4 Å². The smallest absolute Gasteiger partial charge is 0.331 e. The molecular formula is C29H42N2O3S. The maximum atomic E-state index is 11.8. The van der Waals surface area contributed by atoms with Crippen molar-refractivity contribution in [2.45, 2.75) is 89.5 Å². The van der Waals surface area contributed by atoms with Gasteiger partial charge < -0.3 is 14.4 Å². The number of aromatic nitrogens is 2. The van der Waals surface area contributed by atoms with E-state index in [1.807, 2.05) is 28.6 Å². The van der Waals surface area contributed by atoms with Crippen molar-refractivity contribution in [1.82, 2.24) is 9.55 Å². The molecule has 4 fully saturated rings. The van der Waals surface area contributed by atoms with Gasteiger partial charge in [0.25, 0.3) is 0 Å². The highest BCUT2D eigenvalue weighted by molar-refractivity contribution is 7.99. The van der Waals surface area contributed by atoms with Crippen LogP contribution in [0.1, 0.15) is 71.6 Å². The normalized spacial score (nSPS) is 43.6. The number of hydrogen-bond acceptors (Lipinski definition) is 5. The average molecular weight is 499 g/mol. The zero-order valence-electron chi connectivity index (χ0n) is 21.4. The molecule has 1 aromatic rings. The molecule has 1 N–H and O–H groups in total. The Labute approximate surface area is 214 Å². The Hall–Kier alpha value is -1.27. The summed E-state index contributed by atoms with van der Waals surface area (Å²) < 4.78 is 7.29. The first-order valence-electron chi connectivity index (χ1n) is 14.0. The van der Waals surface area contributed by atoms with E-state index in [1.54, 1.807) is 12.5 Å². The van der Waals surface area contributed by atoms with Crippen molar-refractivity contribution in [3.63, 3.8) is 0 Å². The Morgan fingerprint density at radius 2 is 1.97 bits per heavy atom. The van der Waals surface area contributed by atoms with E-state index in [4.69, 9.17) is 4.74 Å². The highest BCUT2D eigenvalue weighted by atomic mass is 32.2. The van der Waals surface area contributed by atoms with Crippen molar-refractivity contribution in [3.8, 4) is 0 Å². The number of ether oxygens (including phenoxy) is 1.